The van der Waals surface area contributed by atoms with E-state index >= 15 is 0 Å². The zero-order valence-electron chi connectivity index (χ0n) is 17.2. The number of nitrogens with zero attached hydrogens (tertiary/aromatic N) is 2. The number of benzene rings is 2. The number of anilines is 1. The van der Waals surface area contributed by atoms with Crippen LogP contribution in [-0.2, 0) is 20.9 Å². The van der Waals surface area contributed by atoms with Gasteiger partial charge < -0.3 is 19.2 Å². The number of aryl methyl sites for hydroxylation is 1. The second-order valence-corrected chi connectivity index (χ2v) is 7.37. The summed E-state index contributed by atoms with van der Waals surface area (Å²) in [5, 5.41) is 3.80. The van der Waals surface area contributed by atoms with E-state index in [1.807, 2.05) is 6.07 Å². The van der Waals surface area contributed by atoms with E-state index in [1.54, 1.807) is 37.3 Å². The molecule has 0 atom stereocenters. The van der Waals surface area contributed by atoms with Gasteiger partial charge in [-0.3, -0.25) is 19.0 Å². The normalized spacial score (nSPS) is 11.0. The predicted octanol–water partition coefficient (Wildman–Crippen LogP) is 3.30. The van der Waals surface area contributed by atoms with Crippen molar-refractivity contribution in [2.75, 3.05) is 19.0 Å². The lowest BCUT2D eigenvalue weighted by Gasteiger charge is -2.12. The molecular formula is C22H18ClN3O6. The van der Waals surface area contributed by atoms with Crippen molar-refractivity contribution in [1.29, 1.82) is 0 Å². The fourth-order valence-electron chi connectivity index (χ4n) is 3.17. The van der Waals surface area contributed by atoms with Gasteiger partial charge in [-0.1, -0.05) is 23.7 Å². The number of ether oxygens (including phenoxy) is 2. The lowest BCUT2D eigenvalue weighted by atomic mass is 10.2. The average molecular weight is 456 g/mol. The molecule has 4 rings (SSSR count). The topological polar surface area (TPSA) is 113 Å². The van der Waals surface area contributed by atoms with Crippen LogP contribution in [-0.4, -0.2) is 35.1 Å². The lowest BCUT2D eigenvalue weighted by molar-refractivity contribution is -0.147. The summed E-state index contributed by atoms with van der Waals surface area (Å²) in [7, 11) is 1.45. The van der Waals surface area contributed by atoms with Crippen LogP contribution in [0.4, 0.5) is 5.69 Å². The molecule has 0 radical (unpaired) electrons. The summed E-state index contributed by atoms with van der Waals surface area (Å²) >= 11 is 6.05. The fraction of sp³-hybridized carbons (Fsp3) is 0.182. The maximum absolute atomic E-state index is 12.7. The quantitative estimate of drug-likeness (QED) is 0.444. The molecule has 0 fully saturated rings. The van der Waals surface area contributed by atoms with Gasteiger partial charge in [0.2, 0.25) is 5.58 Å². The zero-order chi connectivity index (χ0) is 22.8. The van der Waals surface area contributed by atoms with Gasteiger partial charge in [-0.05, 0) is 30.7 Å². The van der Waals surface area contributed by atoms with Gasteiger partial charge in [-0.2, -0.15) is 0 Å². The van der Waals surface area contributed by atoms with Gasteiger partial charge in [-0.15, -0.1) is 0 Å². The predicted molar refractivity (Wildman–Crippen MR) is 118 cm³/mol. The number of carbonyl (C=O) groups is 2. The van der Waals surface area contributed by atoms with Crippen LogP contribution in [0.2, 0.25) is 5.02 Å². The Kier molecular flexibility index (Phi) is 5.83. The van der Waals surface area contributed by atoms with Crippen LogP contribution >= 0.6 is 11.6 Å². The molecule has 0 saturated carbocycles. The van der Waals surface area contributed by atoms with Crippen molar-refractivity contribution < 1.29 is 23.5 Å². The first-order valence-corrected chi connectivity index (χ1v) is 9.91. The molecule has 2 aromatic heterocycles. The highest BCUT2D eigenvalue weighted by molar-refractivity contribution is 6.31. The average Bonchev–Trinajstić information content (AvgIpc) is 3.16. The number of hydrogen-bond acceptors (Lipinski definition) is 7. The lowest BCUT2D eigenvalue weighted by Crippen LogP contribution is -2.27. The van der Waals surface area contributed by atoms with E-state index in [-0.39, 0.29) is 5.58 Å². The maximum atomic E-state index is 12.7. The third kappa shape index (κ3) is 4.15. The highest BCUT2D eigenvalue weighted by Gasteiger charge is 2.16. The molecule has 0 aliphatic rings. The molecule has 0 unspecified atom stereocenters. The van der Waals surface area contributed by atoms with Crippen LogP contribution in [0, 0.1) is 6.92 Å². The molecule has 1 N–H and O–H groups in total. The van der Waals surface area contributed by atoms with Gasteiger partial charge in [0.05, 0.1) is 19.1 Å². The van der Waals surface area contributed by atoms with Gasteiger partial charge >= 0.3 is 5.97 Å². The van der Waals surface area contributed by atoms with Crippen molar-refractivity contribution in [3.8, 4) is 5.75 Å². The van der Waals surface area contributed by atoms with Gasteiger partial charge in [-0.25, -0.2) is 4.98 Å². The summed E-state index contributed by atoms with van der Waals surface area (Å²) < 4.78 is 16.8. The van der Waals surface area contributed by atoms with Crippen LogP contribution < -0.4 is 15.6 Å². The van der Waals surface area contributed by atoms with Crippen molar-refractivity contribution in [3.05, 3.63) is 63.7 Å². The Morgan fingerprint density at radius 3 is 2.81 bits per heavy atom. The number of fused-ring (bicyclic) bond motifs is 3. The molecule has 32 heavy (non-hydrogen) atoms. The van der Waals surface area contributed by atoms with Crippen molar-refractivity contribution in [2.24, 2.45) is 0 Å². The molecule has 0 spiro atoms. The smallest absolute Gasteiger partial charge is 0.326 e. The van der Waals surface area contributed by atoms with Gasteiger partial charge in [0.1, 0.15) is 23.4 Å². The summed E-state index contributed by atoms with van der Waals surface area (Å²) in [5.41, 5.74) is 1.61. The van der Waals surface area contributed by atoms with Crippen molar-refractivity contribution >= 4 is 51.2 Å². The summed E-state index contributed by atoms with van der Waals surface area (Å²) in [6.07, 6.45) is 1.25. The first-order valence-electron chi connectivity index (χ1n) is 9.53. The number of para-hydroxylation sites is 1. The largest absolute Gasteiger partial charge is 0.495 e. The third-order valence-corrected chi connectivity index (χ3v) is 5.18. The molecule has 4 aromatic rings. The third-order valence-electron chi connectivity index (χ3n) is 4.77. The molecule has 0 aliphatic carbocycles. The Morgan fingerprint density at radius 1 is 1.25 bits per heavy atom. The first-order chi connectivity index (χ1) is 15.4. The van der Waals surface area contributed by atoms with E-state index in [1.165, 1.54) is 13.4 Å². The molecule has 164 valence electrons. The standard InChI is InChI=1S/C22H18ClN3O6/c1-12-7-15(17(30-2)8-14(12)23)25-18(27)10-31-19(28)9-26-11-24-20-13-5-3-4-6-16(13)32-21(20)22(26)29/h3-8,11H,9-10H2,1-2H3,(H,25,27). The van der Waals surface area contributed by atoms with Crippen LogP contribution in [0.25, 0.3) is 22.1 Å². The molecular weight excluding hydrogens is 438 g/mol. The van der Waals surface area contributed by atoms with E-state index in [2.05, 4.69) is 10.3 Å². The number of rotatable bonds is 6. The summed E-state index contributed by atoms with van der Waals surface area (Å²) in [6, 6.07) is 10.3. The van der Waals surface area contributed by atoms with E-state index in [0.29, 0.717) is 32.9 Å². The van der Waals surface area contributed by atoms with Crippen LogP contribution in [0.5, 0.6) is 5.75 Å². The van der Waals surface area contributed by atoms with E-state index in [0.717, 1.165) is 10.1 Å². The van der Waals surface area contributed by atoms with Crippen LogP contribution in [0.3, 0.4) is 0 Å². The Balaban J connectivity index is 1.42. The molecule has 0 aliphatic heterocycles. The second-order valence-electron chi connectivity index (χ2n) is 6.96. The van der Waals surface area contributed by atoms with Crippen molar-refractivity contribution in [1.82, 2.24) is 9.55 Å². The minimum atomic E-state index is -0.779. The van der Waals surface area contributed by atoms with E-state index in [9.17, 15) is 14.4 Å². The highest BCUT2D eigenvalue weighted by Crippen LogP contribution is 2.30. The molecule has 10 heteroatoms. The Bertz CT molecular complexity index is 1410. The number of hydrogen-bond donors (Lipinski definition) is 1. The van der Waals surface area contributed by atoms with Gasteiger partial charge in [0, 0.05) is 16.5 Å². The first kappa shape index (κ1) is 21.4. The molecule has 0 saturated heterocycles. The number of methoxy groups -OCH3 is 1. The number of halogens is 1. The SMILES string of the molecule is COc1cc(Cl)c(C)cc1NC(=O)COC(=O)Cn1cnc2c(oc3ccccc32)c1=O. The fourth-order valence-corrected chi connectivity index (χ4v) is 3.33. The van der Waals surface area contributed by atoms with E-state index < -0.39 is 30.6 Å². The summed E-state index contributed by atoms with van der Waals surface area (Å²) in [4.78, 5) is 41.3. The molecule has 1 amide bonds. The molecule has 2 aromatic carbocycles. The number of furan rings is 1. The number of amides is 1. The second kappa shape index (κ2) is 8.72. The Morgan fingerprint density at radius 2 is 2.03 bits per heavy atom. The van der Waals surface area contributed by atoms with Crippen molar-refractivity contribution in [2.45, 2.75) is 13.5 Å². The number of nitrogens with one attached hydrogen (secondary N) is 1. The monoisotopic (exact) mass is 455 g/mol. The van der Waals surface area contributed by atoms with Crippen LogP contribution in [0.1, 0.15) is 5.56 Å². The van der Waals surface area contributed by atoms with Gasteiger partial charge in [0.15, 0.2) is 6.61 Å². The Labute approximate surface area is 186 Å². The van der Waals surface area contributed by atoms with E-state index in [4.69, 9.17) is 25.5 Å². The maximum Gasteiger partial charge on any atom is 0.326 e. The zero-order valence-corrected chi connectivity index (χ0v) is 17.9. The Hall–Kier alpha value is -3.85. The number of aromatic nitrogens is 2. The highest BCUT2D eigenvalue weighted by atomic mass is 35.5. The van der Waals surface area contributed by atoms with Crippen molar-refractivity contribution in [3.63, 3.8) is 0 Å². The summed E-state index contributed by atoms with van der Waals surface area (Å²) in [6.45, 7) is 0.816. The molecule has 2 heterocycles. The minimum Gasteiger partial charge on any atom is -0.495 e. The summed E-state index contributed by atoms with van der Waals surface area (Å²) in [5.74, 6) is -0.979. The number of esters is 1. The molecule has 9 nitrogen and oxygen atoms in total. The van der Waals surface area contributed by atoms with Crippen LogP contribution in [0.15, 0.2) is 51.9 Å². The minimum absolute atomic E-state index is 0.0458. The number of carbonyl (C=O) groups excluding carboxylic acids is 2. The van der Waals surface area contributed by atoms with Gasteiger partial charge in [0.25, 0.3) is 11.5 Å². The molecule has 0 bridgehead atoms.